The number of aliphatic hydroxyl groups is 1. The molecule has 0 amide bonds. The van der Waals surface area contributed by atoms with Crippen molar-refractivity contribution in [2.75, 3.05) is 0 Å². The van der Waals surface area contributed by atoms with E-state index in [1.165, 1.54) is 18.4 Å². The maximum atomic E-state index is 10.2. The molecule has 1 N–H and O–H groups in total. The van der Waals surface area contributed by atoms with Crippen LogP contribution >= 0.6 is 0 Å². The summed E-state index contributed by atoms with van der Waals surface area (Å²) in [6.45, 7) is 7.37. The van der Waals surface area contributed by atoms with Crippen LogP contribution in [-0.4, -0.2) is 16.2 Å². The van der Waals surface area contributed by atoms with Gasteiger partial charge in [0.1, 0.15) is 6.26 Å². The van der Waals surface area contributed by atoms with Gasteiger partial charge in [0, 0.05) is 11.0 Å². The maximum absolute atomic E-state index is 10.2. The first-order valence-electron chi connectivity index (χ1n) is 10.4. The molecule has 3 nitrogen and oxygen atoms in total. The van der Waals surface area contributed by atoms with E-state index in [0.29, 0.717) is 17.3 Å². The Kier molecular flexibility index (Phi) is 3.60. The van der Waals surface area contributed by atoms with E-state index in [0.717, 1.165) is 43.4 Å². The molecule has 140 valence electrons. The third kappa shape index (κ3) is 2.13. The van der Waals surface area contributed by atoms with Crippen molar-refractivity contribution < 1.29 is 9.52 Å². The Hall–Kier alpha value is -1.35. The average molecular weight is 354 g/mol. The molecule has 0 bridgehead atoms. The van der Waals surface area contributed by atoms with Crippen LogP contribution in [-0.2, 0) is 0 Å². The van der Waals surface area contributed by atoms with Gasteiger partial charge in [0.2, 0.25) is 5.89 Å². The van der Waals surface area contributed by atoms with Crippen LogP contribution in [0.1, 0.15) is 65.2 Å². The number of nitrogens with zero attached hydrogens (tertiary/aromatic N) is 1. The smallest absolute Gasteiger partial charge is 0.221 e. The topological polar surface area (TPSA) is 46.3 Å². The Morgan fingerprint density at radius 2 is 1.96 bits per heavy atom. The Balaban J connectivity index is 1.52. The van der Waals surface area contributed by atoms with Gasteiger partial charge in [-0.15, -0.1) is 0 Å². The summed E-state index contributed by atoms with van der Waals surface area (Å²) in [5, 5.41) is 10.2. The molecule has 0 aliphatic heterocycles. The monoisotopic (exact) mass is 353 g/mol. The van der Waals surface area contributed by atoms with Crippen molar-refractivity contribution in [3.63, 3.8) is 0 Å². The average Bonchev–Trinajstić information content (AvgIpc) is 3.23. The summed E-state index contributed by atoms with van der Waals surface area (Å²) in [6, 6.07) is 0. The molecular weight excluding hydrogens is 322 g/mol. The third-order valence-corrected chi connectivity index (χ3v) is 8.65. The second kappa shape index (κ2) is 5.58. The quantitative estimate of drug-likeness (QED) is 0.703. The van der Waals surface area contributed by atoms with Crippen molar-refractivity contribution in [1.29, 1.82) is 0 Å². The number of allylic oxidation sites excluding steroid dienone is 3. The first-order valence-corrected chi connectivity index (χ1v) is 10.4. The van der Waals surface area contributed by atoms with E-state index in [4.69, 9.17) is 4.42 Å². The number of hydrogen-bond donors (Lipinski definition) is 1. The van der Waals surface area contributed by atoms with Crippen LogP contribution in [0.2, 0.25) is 0 Å². The Labute approximate surface area is 156 Å². The van der Waals surface area contributed by atoms with E-state index in [2.05, 4.69) is 37.9 Å². The molecule has 0 saturated heterocycles. The van der Waals surface area contributed by atoms with Gasteiger partial charge in [-0.25, -0.2) is 4.98 Å². The molecule has 4 aliphatic carbocycles. The van der Waals surface area contributed by atoms with Gasteiger partial charge in [0.15, 0.2) is 0 Å². The minimum absolute atomic E-state index is 0.128. The molecule has 2 fully saturated rings. The Bertz CT molecular complexity index is 763. The van der Waals surface area contributed by atoms with Crippen molar-refractivity contribution in [1.82, 2.24) is 4.98 Å². The Morgan fingerprint density at radius 1 is 1.15 bits per heavy atom. The summed E-state index contributed by atoms with van der Waals surface area (Å²) in [7, 11) is 0. The maximum Gasteiger partial charge on any atom is 0.221 e. The molecule has 1 aromatic heterocycles. The van der Waals surface area contributed by atoms with Crippen LogP contribution in [0.3, 0.4) is 0 Å². The lowest BCUT2D eigenvalue weighted by Gasteiger charge is -2.59. The minimum Gasteiger partial charge on any atom is -0.445 e. The second-order valence-electron chi connectivity index (χ2n) is 9.80. The van der Waals surface area contributed by atoms with E-state index in [1.807, 2.05) is 0 Å². The largest absolute Gasteiger partial charge is 0.445 e. The fourth-order valence-corrected chi connectivity index (χ4v) is 7.26. The normalized spacial score (nSPS) is 47.5. The number of fused-ring (bicyclic) bond motifs is 5. The zero-order valence-electron chi connectivity index (χ0n) is 16.2. The molecule has 2 saturated carbocycles. The van der Waals surface area contributed by atoms with Crippen LogP contribution in [0.25, 0.3) is 5.57 Å². The summed E-state index contributed by atoms with van der Waals surface area (Å²) < 4.78 is 5.69. The molecule has 0 aromatic carbocycles. The minimum atomic E-state index is -0.128. The molecule has 1 aromatic rings. The molecule has 7 atom stereocenters. The van der Waals surface area contributed by atoms with Gasteiger partial charge >= 0.3 is 0 Å². The van der Waals surface area contributed by atoms with E-state index in [-0.39, 0.29) is 11.5 Å². The SMILES string of the molecule is C[C@@H]1C=C2C[C@H](O)CC[C@]2(C)[C@H]2CC[C@]3(C)C(c4ncco4)=CC[C@H]3[C@H]12. The number of rotatable bonds is 1. The van der Waals surface area contributed by atoms with Gasteiger partial charge in [-0.1, -0.05) is 38.5 Å². The molecule has 4 aliphatic rings. The van der Waals surface area contributed by atoms with Crippen molar-refractivity contribution in [3.05, 3.63) is 36.1 Å². The summed E-state index contributed by atoms with van der Waals surface area (Å²) >= 11 is 0. The summed E-state index contributed by atoms with van der Waals surface area (Å²) in [4.78, 5) is 4.47. The lowest BCUT2D eigenvalue weighted by molar-refractivity contribution is -0.0429. The van der Waals surface area contributed by atoms with Crippen LogP contribution < -0.4 is 0 Å². The zero-order valence-corrected chi connectivity index (χ0v) is 16.2. The highest BCUT2D eigenvalue weighted by Crippen LogP contribution is 2.67. The molecule has 1 heterocycles. The summed E-state index contributed by atoms with van der Waals surface area (Å²) in [5.74, 6) is 3.58. The van der Waals surface area contributed by atoms with Crippen molar-refractivity contribution in [2.45, 2.75) is 65.4 Å². The number of aliphatic hydroxyl groups excluding tert-OH is 1. The van der Waals surface area contributed by atoms with Gasteiger partial charge in [0.05, 0.1) is 12.3 Å². The summed E-state index contributed by atoms with van der Waals surface area (Å²) in [6.07, 6.45) is 15.0. The molecule has 0 radical (unpaired) electrons. The van der Waals surface area contributed by atoms with Gasteiger partial charge in [0.25, 0.3) is 0 Å². The van der Waals surface area contributed by atoms with Gasteiger partial charge in [-0.3, -0.25) is 0 Å². The van der Waals surface area contributed by atoms with Crippen LogP contribution in [0.4, 0.5) is 0 Å². The van der Waals surface area contributed by atoms with E-state index >= 15 is 0 Å². The first-order chi connectivity index (χ1) is 12.4. The molecule has 3 heteroatoms. The molecular formula is C23H31NO2. The number of aromatic nitrogens is 1. The van der Waals surface area contributed by atoms with Gasteiger partial charge in [-0.05, 0) is 67.6 Å². The van der Waals surface area contributed by atoms with Crippen LogP contribution in [0, 0.1) is 34.5 Å². The lowest BCUT2D eigenvalue weighted by Crippen LogP contribution is -2.52. The summed E-state index contributed by atoms with van der Waals surface area (Å²) in [5.41, 5.74) is 3.38. The number of hydrogen-bond acceptors (Lipinski definition) is 3. The second-order valence-corrected chi connectivity index (χ2v) is 9.80. The molecule has 5 rings (SSSR count). The van der Waals surface area contributed by atoms with Crippen molar-refractivity contribution in [3.8, 4) is 0 Å². The highest BCUT2D eigenvalue weighted by molar-refractivity contribution is 5.67. The highest BCUT2D eigenvalue weighted by Gasteiger charge is 2.58. The fourth-order valence-electron chi connectivity index (χ4n) is 7.26. The highest BCUT2D eigenvalue weighted by atomic mass is 16.3. The van der Waals surface area contributed by atoms with E-state index in [1.54, 1.807) is 18.0 Å². The molecule has 0 spiro atoms. The van der Waals surface area contributed by atoms with Crippen LogP contribution in [0.15, 0.2) is 34.6 Å². The molecule has 0 unspecified atom stereocenters. The Morgan fingerprint density at radius 3 is 2.73 bits per heavy atom. The number of oxazole rings is 1. The van der Waals surface area contributed by atoms with E-state index in [9.17, 15) is 5.11 Å². The van der Waals surface area contributed by atoms with E-state index < -0.39 is 0 Å². The van der Waals surface area contributed by atoms with Gasteiger partial charge < -0.3 is 9.52 Å². The third-order valence-electron chi connectivity index (χ3n) is 8.65. The predicted octanol–water partition coefficient (Wildman–Crippen LogP) is 5.24. The molecule has 26 heavy (non-hydrogen) atoms. The standard InChI is InChI=1S/C23H31NO2/c1-14-12-15-13-16(25)6-8-22(15,2)18-7-9-23(3)17(20(14)18)4-5-19(23)21-24-10-11-26-21/h5,10-12,14,16-18,20,25H,4,6-9,13H2,1-3H3/t14-,16-,17+,18+,20+,22+,23+/m1/s1. The van der Waals surface area contributed by atoms with Crippen molar-refractivity contribution >= 4 is 5.57 Å². The fraction of sp³-hybridized carbons (Fsp3) is 0.696. The lowest BCUT2D eigenvalue weighted by atomic mass is 9.45. The van der Waals surface area contributed by atoms with Gasteiger partial charge in [-0.2, -0.15) is 0 Å². The van der Waals surface area contributed by atoms with Crippen LogP contribution in [0.5, 0.6) is 0 Å². The zero-order chi connectivity index (χ0) is 18.1. The first kappa shape index (κ1) is 16.8. The van der Waals surface area contributed by atoms with Crippen molar-refractivity contribution in [2.24, 2.45) is 34.5 Å². The predicted molar refractivity (Wildman–Crippen MR) is 102 cm³/mol.